The van der Waals surface area contributed by atoms with Gasteiger partial charge in [-0.2, -0.15) is 5.10 Å². The van der Waals surface area contributed by atoms with E-state index in [1.165, 1.54) is 6.20 Å². The monoisotopic (exact) mass is 320 g/mol. The van der Waals surface area contributed by atoms with E-state index in [0.29, 0.717) is 27.8 Å². The number of methoxy groups -OCH3 is 1. The number of carbonyl (C=O) groups is 1. The van der Waals surface area contributed by atoms with Crippen LogP contribution in [0.1, 0.15) is 10.4 Å². The molecule has 0 atom stereocenters. The van der Waals surface area contributed by atoms with Gasteiger partial charge in [0, 0.05) is 17.1 Å². The molecular formula is C18H12N2O4. The standard InChI is InChI=1S/C18H12N2O4/c1-23-12-8-6-11(7-9-12)17(21)20-10-14-16(19-20)13-4-2-3-5-15(13)24-18(14)22/h2-10H,1H3. The van der Waals surface area contributed by atoms with Crippen LogP contribution in [-0.4, -0.2) is 22.8 Å². The van der Waals surface area contributed by atoms with E-state index in [0.717, 1.165) is 4.68 Å². The van der Waals surface area contributed by atoms with Crippen molar-refractivity contribution in [1.82, 2.24) is 9.78 Å². The molecule has 0 spiro atoms. The molecule has 0 aliphatic carbocycles. The summed E-state index contributed by atoms with van der Waals surface area (Å²) >= 11 is 0. The molecule has 0 aliphatic heterocycles. The van der Waals surface area contributed by atoms with Crippen molar-refractivity contribution in [2.24, 2.45) is 0 Å². The summed E-state index contributed by atoms with van der Waals surface area (Å²) in [6, 6.07) is 13.8. The fourth-order valence-corrected chi connectivity index (χ4v) is 2.60. The van der Waals surface area contributed by atoms with Crippen LogP contribution in [0.2, 0.25) is 0 Å². The van der Waals surface area contributed by atoms with E-state index in [9.17, 15) is 9.59 Å². The minimum absolute atomic E-state index is 0.274. The van der Waals surface area contributed by atoms with E-state index in [1.54, 1.807) is 49.6 Å². The highest BCUT2D eigenvalue weighted by Gasteiger charge is 2.16. The third-order valence-corrected chi connectivity index (χ3v) is 3.82. The molecule has 24 heavy (non-hydrogen) atoms. The number of ether oxygens (including phenoxy) is 1. The number of aromatic nitrogens is 2. The fourth-order valence-electron chi connectivity index (χ4n) is 2.60. The molecule has 0 radical (unpaired) electrons. The van der Waals surface area contributed by atoms with Crippen LogP contribution in [0.3, 0.4) is 0 Å². The summed E-state index contributed by atoms with van der Waals surface area (Å²) in [5.41, 5.74) is 0.815. The van der Waals surface area contributed by atoms with E-state index in [1.807, 2.05) is 6.07 Å². The molecule has 0 amide bonds. The Labute approximate surface area is 135 Å². The molecule has 4 rings (SSSR count). The molecule has 6 heteroatoms. The van der Waals surface area contributed by atoms with Gasteiger partial charge in [0.15, 0.2) is 0 Å². The highest BCUT2D eigenvalue weighted by molar-refractivity contribution is 6.04. The zero-order chi connectivity index (χ0) is 16.7. The zero-order valence-corrected chi connectivity index (χ0v) is 12.7. The zero-order valence-electron chi connectivity index (χ0n) is 12.7. The van der Waals surface area contributed by atoms with Crippen molar-refractivity contribution in [2.45, 2.75) is 0 Å². The van der Waals surface area contributed by atoms with Crippen molar-refractivity contribution in [2.75, 3.05) is 7.11 Å². The van der Waals surface area contributed by atoms with E-state index in [4.69, 9.17) is 9.15 Å². The minimum Gasteiger partial charge on any atom is -0.497 e. The highest BCUT2D eigenvalue weighted by atomic mass is 16.5. The Hall–Kier alpha value is -3.41. The molecule has 2 heterocycles. The predicted molar refractivity (Wildman–Crippen MR) is 88.5 cm³/mol. The fraction of sp³-hybridized carbons (Fsp3) is 0.0556. The van der Waals surface area contributed by atoms with Crippen LogP contribution in [0.25, 0.3) is 21.9 Å². The molecule has 0 saturated carbocycles. The number of benzene rings is 2. The van der Waals surface area contributed by atoms with Crippen molar-refractivity contribution in [3.63, 3.8) is 0 Å². The summed E-state index contributed by atoms with van der Waals surface area (Å²) in [7, 11) is 1.56. The third-order valence-electron chi connectivity index (χ3n) is 3.82. The molecule has 118 valence electrons. The summed E-state index contributed by atoms with van der Waals surface area (Å²) in [6.45, 7) is 0. The molecule has 0 N–H and O–H groups in total. The molecule has 4 aromatic rings. The molecule has 2 aromatic carbocycles. The Balaban J connectivity index is 1.87. The summed E-state index contributed by atoms with van der Waals surface area (Å²) < 4.78 is 11.5. The SMILES string of the molecule is COc1ccc(C(=O)n2cc3c(=O)oc4ccccc4c3n2)cc1. The van der Waals surface area contributed by atoms with Gasteiger partial charge < -0.3 is 9.15 Å². The predicted octanol–water partition coefficient (Wildman–Crippen LogP) is 2.84. The van der Waals surface area contributed by atoms with Crippen molar-refractivity contribution in [3.05, 3.63) is 70.7 Å². The second-order valence-corrected chi connectivity index (χ2v) is 5.26. The normalized spacial score (nSPS) is 11.0. The third kappa shape index (κ3) is 2.16. The second kappa shape index (κ2) is 5.34. The van der Waals surface area contributed by atoms with Gasteiger partial charge in [-0.1, -0.05) is 12.1 Å². The van der Waals surface area contributed by atoms with Gasteiger partial charge in [-0.3, -0.25) is 4.79 Å². The quantitative estimate of drug-likeness (QED) is 0.531. The van der Waals surface area contributed by atoms with Crippen LogP contribution in [0, 0.1) is 0 Å². The smallest absolute Gasteiger partial charge is 0.347 e. The minimum atomic E-state index is -0.516. The first-order valence-electron chi connectivity index (χ1n) is 7.27. The number of hydrogen-bond acceptors (Lipinski definition) is 5. The van der Waals surface area contributed by atoms with Gasteiger partial charge >= 0.3 is 5.63 Å². The summed E-state index contributed by atoms with van der Waals surface area (Å²) in [4.78, 5) is 24.7. The van der Waals surface area contributed by atoms with E-state index >= 15 is 0 Å². The topological polar surface area (TPSA) is 74.3 Å². The lowest BCUT2D eigenvalue weighted by molar-refractivity contribution is 0.0946. The number of nitrogens with zero attached hydrogens (tertiary/aromatic N) is 2. The number of carbonyl (C=O) groups excluding carboxylic acids is 1. The lowest BCUT2D eigenvalue weighted by Gasteiger charge is -2.02. The molecule has 0 saturated heterocycles. The Morgan fingerprint density at radius 1 is 1.08 bits per heavy atom. The maximum Gasteiger partial charge on any atom is 0.347 e. The van der Waals surface area contributed by atoms with Gasteiger partial charge in [-0.05, 0) is 36.4 Å². The van der Waals surface area contributed by atoms with E-state index in [2.05, 4.69) is 5.10 Å². The first-order valence-corrected chi connectivity index (χ1v) is 7.27. The van der Waals surface area contributed by atoms with Gasteiger partial charge in [-0.15, -0.1) is 0 Å². The van der Waals surface area contributed by atoms with Crippen LogP contribution >= 0.6 is 0 Å². The van der Waals surface area contributed by atoms with Gasteiger partial charge in [-0.25, -0.2) is 9.48 Å². The number of hydrogen-bond donors (Lipinski definition) is 0. The lowest BCUT2D eigenvalue weighted by atomic mass is 10.2. The second-order valence-electron chi connectivity index (χ2n) is 5.26. The lowest BCUT2D eigenvalue weighted by Crippen LogP contribution is -2.12. The largest absolute Gasteiger partial charge is 0.497 e. The van der Waals surface area contributed by atoms with Crippen LogP contribution in [0.15, 0.2) is 63.9 Å². The molecule has 2 aromatic heterocycles. The van der Waals surface area contributed by atoms with Gasteiger partial charge in [0.2, 0.25) is 0 Å². The molecule has 0 unspecified atom stereocenters. The average molecular weight is 320 g/mol. The molecular weight excluding hydrogens is 308 g/mol. The molecule has 0 bridgehead atoms. The van der Waals surface area contributed by atoms with Gasteiger partial charge in [0.25, 0.3) is 5.91 Å². The van der Waals surface area contributed by atoms with Crippen LogP contribution in [0.4, 0.5) is 0 Å². The van der Waals surface area contributed by atoms with E-state index in [-0.39, 0.29) is 11.3 Å². The number of rotatable bonds is 2. The summed E-state index contributed by atoms with van der Waals surface area (Å²) in [5, 5.41) is 5.26. The maximum absolute atomic E-state index is 12.6. The van der Waals surface area contributed by atoms with Crippen LogP contribution < -0.4 is 10.4 Å². The summed E-state index contributed by atoms with van der Waals surface area (Å²) in [6.07, 6.45) is 1.40. The van der Waals surface area contributed by atoms with E-state index < -0.39 is 5.63 Å². The molecule has 0 fully saturated rings. The van der Waals surface area contributed by atoms with Crippen molar-refractivity contribution < 1.29 is 13.9 Å². The molecule has 0 aliphatic rings. The van der Waals surface area contributed by atoms with Crippen LogP contribution in [-0.2, 0) is 0 Å². The van der Waals surface area contributed by atoms with Crippen molar-refractivity contribution in [1.29, 1.82) is 0 Å². The van der Waals surface area contributed by atoms with Crippen molar-refractivity contribution in [3.8, 4) is 5.75 Å². The highest BCUT2D eigenvalue weighted by Crippen LogP contribution is 2.21. The Morgan fingerprint density at radius 3 is 2.58 bits per heavy atom. The first kappa shape index (κ1) is 14.2. The van der Waals surface area contributed by atoms with Gasteiger partial charge in [0.05, 0.1) is 7.11 Å². The Kier molecular flexibility index (Phi) is 3.16. The number of fused-ring (bicyclic) bond motifs is 3. The Bertz CT molecular complexity index is 1120. The molecule has 6 nitrogen and oxygen atoms in total. The maximum atomic E-state index is 12.6. The van der Waals surface area contributed by atoms with Crippen LogP contribution in [0.5, 0.6) is 5.75 Å². The van der Waals surface area contributed by atoms with Crippen molar-refractivity contribution >= 4 is 27.8 Å². The average Bonchev–Trinajstić information content (AvgIpc) is 3.07. The first-order chi connectivity index (χ1) is 11.7. The number of para-hydroxylation sites is 1. The Morgan fingerprint density at radius 2 is 1.83 bits per heavy atom. The summed E-state index contributed by atoms with van der Waals surface area (Å²) in [5.74, 6) is 0.321. The van der Waals surface area contributed by atoms with Gasteiger partial charge in [0.1, 0.15) is 22.2 Å².